The zero-order chi connectivity index (χ0) is 16.0. The Morgan fingerprint density at radius 2 is 1.87 bits per heavy atom. The van der Waals surface area contributed by atoms with Gasteiger partial charge in [-0.2, -0.15) is 0 Å². The second-order valence-corrected chi connectivity index (χ2v) is 6.11. The van der Waals surface area contributed by atoms with E-state index in [4.69, 9.17) is 0 Å². The molecule has 2 atom stereocenters. The number of carboxylic acid groups (broad SMARTS) is 1. The minimum Gasteiger partial charge on any atom is -0.480 e. The molecule has 0 spiro atoms. The number of benzene rings is 2. The van der Waals surface area contributed by atoms with Crippen LogP contribution in [-0.4, -0.2) is 22.1 Å². The highest BCUT2D eigenvalue weighted by Crippen LogP contribution is 2.36. The van der Waals surface area contributed by atoms with Crippen molar-refractivity contribution < 1.29 is 9.90 Å². The molecule has 1 aliphatic rings. The Labute approximate surface area is 134 Å². The van der Waals surface area contributed by atoms with Crippen molar-refractivity contribution in [3.05, 3.63) is 70.9 Å². The first-order valence-corrected chi connectivity index (χ1v) is 7.79. The van der Waals surface area contributed by atoms with Gasteiger partial charge in [0.1, 0.15) is 6.04 Å². The molecule has 116 valence electrons. The van der Waals surface area contributed by atoms with Crippen molar-refractivity contribution >= 4 is 16.9 Å². The summed E-state index contributed by atoms with van der Waals surface area (Å²) in [6.07, 6.45) is 0.497. The molecule has 0 aliphatic carbocycles. The zero-order valence-corrected chi connectivity index (χ0v) is 12.8. The van der Waals surface area contributed by atoms with Crippen molar-refractivity contribution in [3.63, 3.8) is 0 Å². The fourth-order valence-corrected chi connectivity index (χ4v) is 3.55. The molecule has 0 radical (unpaired) electrons. The topological polar surface area (TPSA) is 65.1 Å². The van der Waals surface area contributed by atoms with Crippen molar-refractivity contribution in [2.75, 3.05) is 0 Å². The van der Waals surface area contributed by atoms with Gasteiger partial charge in [0.05, 0.1) is 6.04 Å². The van der Waals surface area contributed by atoms with Gasteiger partial charge in [-0.1, -0.05) is 42.5 Å². The average molecular weight is 306 g/mol. The van der Waals surface area contributed by atoms with E-state index in [9.17, 15) is 9.90 Å². The van der Waals surface area contributed by atoms with Crippen LogP contribution >= 0.6 is 0 Å². The Hall–Kier alpha value is -2.59. The minimum atomic E-state index is -0.806. The number of fused-ring (bicyclic) bond motifs is 3. The lowest BCUT2D eigenvalue weighted by molar-refractivity contribution is -0.139. The van der Waals surface area contributed by atoms with E-state index < -0.39 is 12.0 Å². The smallest absolute Gasteiger partial charge is 0.321 e. The normalized spacial score (nSPS) is 20.4. The van der Waals surface area contributed by atoms with Crippen molar-refractivity contribution in [2.45, 2.75) is 25.4 Å². The predicted molar refractivity (Wildman–Crippen MR) is 89.6 cm³/mol. The molecular weight excluding hydrogens is 288 g/mol. The van der Waals surface area contributed by atoms with E-state index in [1.165, 1.54) is 0 Å². The second kappa shape index (κ2) is 5.25. The second-order valence-electron chi connectivity index (χ2n) is 6.11. The van der Waals surface area contributed by atoms with Crippen LogP contribution in [0.5, 0.6) is 0 Å². The SMILES string of the molecule is Cc1ccccc1C1NC(C(=O)O)Cc2c1[nH]c1ccccc21. The molecule has 2 unspecified atom stereocenters. The van der Waals surface area contributed by atoms with E-state index in [1.54, 1.807) is 0 Å². The van der Waals surface area contributed by atoms with Crippen molar-refractivity contribution in [2.24, 2.45) is 0 Å². The average Bonchev–Trinajstić information content (AvgIpc) is 2.93. The van der Waals surface area contributed by atoms with Crippen LogP contribution in [0.25, 0.3) is 10.9 Å². The molecule has 0 saturated carbocycles. The standard InChI is InChI=1S/C19H18N2O2/c1-11-6-2-3-7-12(11)17-18-14(10-16(21-17)19(22)23)13-8-4-5-9-15(13)20-18/h2-9,16-17,20-21H,10H2,1H3,(H,22,23). The quantitative estimate of drug-likeness (QED) is 0.681. The number of carbonyl (C=O) groups is 1. The van der Waals surface area contributed by atoms with Gasteiger partial charge in [0.2, 0.25) is 0 Å². The van der Waals surface area contributed by atoms with Gasteiger partial charge in [-0.3, -0.25) is 10.1 Å². The van der Waals surface area contributed by atoms with Gasteiger partial charge >= 0.3 is 5.97 Å². The maximum Gasteiger partial charge on any atom is 0.321 e. The molecule has 4 heteroatoms. The van der Waals surface area contributed by atoms with Gasteiger partial charge in [0.25, 0.3) is 0 Å². The van der Waals surface area contributed by atoms with Gasteiger partial charge in [-0.25, -0.2) is 0 Å². The summed E-state index contributed by atoms with van der Waals surface area (Å²) in [6, 6.07) is 15.5. The highest BCUT2D eigenvalue weighted by atomic mass is 16.4. The maximum atomic E-state index is 11.6. The van der Waals surface area contributed by atoms with Crippen LogP contribution in [0.3, 0.4) is 0 Å². The molecule has 3 N–H and O–H groups in total. The van der Waals surface area contributed by atoms with Crippen LogP contribution in [-0.2, 0) is 11.2 Å². The molecule has 4 rings (SSSR count). The van der Waals surface area contributed by atoms with Gasteiger partial charge < -0.3 is 10.1 Å². The van der Waals surface area contributed by atoms with Crippen molar-refractivity contribution in [3.8, 4) is 0 Å². The van der Waals surface area contributed by atoms with E-state index in [-0.39, 0.29) is 6.04 Å². The Morgan fingerprint density at radius 3 is 2.65 bits per heavy atom. The largest absolute Gasteiger partial charge is 0.480 e. The number of carboxylic acids is 1. The number of aryl methyl sites for hydroxylation is 1. The van der Waals surface area contributed by atoms with Crippen LogP contribution < -0.4 is 5.32 Å². The van der Waals surface area contributed by atoms with Gasteiger partial charge in [-0.05, 0) is 29.7 Å². The number of aliphatic carboxylic acids is 1. The molecule has 4 nitrogen and oxygen atoms in total. The Bertz CT molecular complexity index is 897. The molecule has 1 aliphatic heterocycles. The fraction of sp³-hybridized carbons (Fsp3) is 0.211. The molecule has 1 aromatic heterocycles. The van der Waals surface area contributed by atoms with Crippen molar-refractivity contribution in [1.29, 1.82) is 0 Å². The summed E-state index contributed by atoms with van der Waals surface area (Å²) in [7, 11) is 0. The fourth-order valence-electron chi connectivity index (χ4n) is 3.55. The monoisotopic (exact) mass is 306 g/mol. The van der Waals surface area contributed by atoms with Crippen LogP contribution in [0.4, 0.5) is 0 Å². The van der Waals surface area contributed by atoms with E-state index in [2.05, 4.69) is 35.4 Å². The number of para-hydroxylation sites is 1. The predicted octanol–water partition coefficient (Wildman–Crippen LogP) is 3.16. The number of hydrogen-bond donors (Lipinski definition) is 3. The summed E-state index contributed by atoms with van der Waals surface area (Å²) in [5.41, 5.74) is 5.52. The Balaban J connectivity index is 1.93. The van der Waals surface area contributed by atoms with Crippen molar-refractivity contribution in [1.82, 2.24) is 10.3 Å². The van der Waals surface area contributed by atoms with Gasteiger partial charge in [-0.15, -0.1) is 0 Å². The Morgan fingerprint density at radius 1 is 1.13 bits per heavy atom. The lowest BCUT2D eigenvalue weighted by Gasteiger charge is -2.30. The molecule has 0 amide bonds. The van der Waals surface area contributed by atoms with Crippen LogP contribution in [0.15, 0.2) is 48.5 Å². The zero-order valence-electron chi connectivity index (χ0n) is 12.8. The number of rotatable bonds is 2. The minimum absolute atomic E-state index is 0.131. The first-order valence-electron chi connectivity index (χ1n) is 7.79. The molecule has 0 saturated heterocycles. The van der Waals surface area contributed by atoms with Crippen LogP contribution in [0.2, 0.25) is 0 Å². The number of aromatic nitrogens is 1. The molecule has 2 heterocycles. The summed E-state index contributed by atoms with van der Waals surface area (Å²) < 4.78 is 0. The molecule has 0 bridgehead atoms. The summed E-state index contributed by atoms with van der Waals surface area (Å²) >= 11 is 0. The summed E-state index contributed by atoms with van der Waals surface area (Å²) in [5, 5.41) is 14.0. The number of hydrogen-bond acceptors (Lipinski definition) is 2. The van der Waals surface area contributed by atoms with Crippen LogP contribution in [0.1, 0.15) is 28.4 Å². The Kier molecular flexibility index (Phi) is 3.20. The highest BCUT2D eigenvalue weighted by molar-refractivity contribution is 5.87. The number of H-pyrrole nitrogens is 1. The first kappa shape index (κ1) is 14.0. The lowest BCUT2D eigenvalue weighted by Crippen LogP contribution is -2.45. The van der Waals surface area contributed by atoms with E-state index in [0.29, 0.717) is 6.42 Å². The van der Waals surface area contributed by atoms with Crippen LogP contribution in [0, 0.1) is 6.92 Å². The summed E-state index contributed by atoms with van der Waals surface area (Å²) in [5.74, 6) is -0.806. The summed E-state index contributed by atoms with van der Waals surface area (Å²) in [4.78, 5) is 15.1. The lowest BCUT2D eigenvalue weighted by atomic mass is 9.89. The number of aromatic amines is 1. The van der Waals surface area contributed by atoms with E-state index in [1.807, 2.05) is 30.3 Å². The molecule has 2 aromatic carbocycles. The van der Waals surface area contributed by atoms with Gasteiger partial charge in [0.15, 0.2) is 0 Å². The maximum absolute atomic E-state index is 11.6. The first-order chi connectivity index (χ1) is 11.1. The third-order valence-electron chi connectivity index (χ3n) is 4.71. The molecule has 23 heavy (non-hydrogen) atoms. The molecular formula is C19H18N2O2. The summed E-state index contributed by atoms with van der Waals surface area (Å²) in [6.45, 7) is 2.06. The van der Waals surface area contributed by atoms with Gasteiger partial charge in [0, 0.05) is 23.0 Å². The molecule has 3 aromatic rings. The third kappa shape index (κ3) is 2.23. The number of nitrogens with one attached hydrogen (secondary N) is 2. The van der Waals surface area contributed by atoms with E-state index >= 15 is 0 Å². The molecule has 0 fully saturated rings. The highest BCUT2D eigenvalue weighted by Gasteiger charge is 2.34. The van der Waals surface area contributed by atoms with E-state index in [0.717, 1.165) is 33.3 Å². The third-order valence-corrected chi connectivity index (χ3v) is 4.71.